The Morgan fingerprint density at radius 1 is 1.09 bits per heavy atom. The molecule has 0 radical (unpaired) electrons. The van der Waals surface area contributed by atoms with Gasteiger partial charge in [-0.1, -0.05) is 55.8 Å². The summed E-state index contributed by atoms with van der Waals surface area (Å²) in [5, 5.41) is 3.97. The van der Waals surface area contributed by atoms with Crippen LogP contribution >= 0.6 is 0 Å². The van der Waals surface area contributed by atoms with E-state index in [2.05, 4.69) is 42.6 Å². The summed E-state index contributed by atoms with van der Waals surface area (Å²) >= 11 is 0. The largest absolute Gasteiger partial charge is 0.496 e. The fraction of sp³-hybridized carbons (Fsp3) is 0.233. The molecule has 1 amide bonds. The molecule has 0 saturated carbocycles. The summed E-state index contributed by atoms with van der Waals surface area (Å²) in [5.74, 6) is 0.539. The number of furan rings is 1. The van der Waals surface area contributed by atoms with Crippen molar-refractivity contribution in [3.05, 3.63) is 89.7 Å². The van der Waals surface area contributed by atoms with Crippen LogP contribution in [-0.2, 0) is 11.2 Å². The molecule has 4 nitrogen and oxygen atoms in total. The number of allylic oxidation sites excluding steroid dienone is 1. The summed E-state index contributed by atoms with van der Waals surface area (Å²) in [5.41, 5.74) is 7.56. The van der Waals surface area contributed by atoms with Gasteiger partial charge in [-0.3, -0.25) is 4.79 Å². The third-order valence-corrected chi connectivity index (χ3v) is 6.15. The van der Waals surface area contributed by atoms with E-state index in [-0.39, 0.29) is 5.91 Å². The summed E-state index contributed by atoms with van der Waals surface area (Å²) in [6.45, 7) is 6.10. The molecule has 34 heavy (non-hydrogen) atoms. The fourth-order valence-electron chi connectivity index (χ4n) is 4.30. The highest BCUT2D eigenvalue weighted by Crippen LogP contribution is 2.40. The Morgan fingerprint density at radius 2 is 1.82 bits per heavy atom. The van der Waals surface area contributed by atoms with Crippen molar-refractivity contribution in [1.29, 1.82) is 0 Å². The summed E-state index contributed by atoms with van der Waals surface area (Å²) in [6, 6.07) is 20.3. The van der Waals surface area contributed by atoms with E-state index >= 15 is 0 Å². The molecule has 0 unspecified atom stereocenters. The molecule has 4 heteroatoms. The van der Waals surface area contributed by atoms with Crippen molar-refractivity contribution in [2.75, 3.05) is 12.4 Å². The third kappa shape index (κ3) is 4.91. The van der Waals surface area contributed by atoms with E-state index in [9.17, 15) is 4.79 Å². The minimum absolute atomic E-state index is 0.172. The van der Waals surface area contributed by atoms with Crippen molar-refractivity contribution in [1.82, 2.24) is 0 Å². The number of benzene rings is 3. The van der Waals surface area contributed by atoms with Crippen LogP contribution in [0.4, 0.5) is 5.69 Å². The van der Waals surface area contributed by atoms with Gasteiger partial charge in [-0.05, 0) is 61.6 Å². The molecule has 0 aliphatic rings. The Labute approximate surface area is 201 Å². The van der Waals surface area contributed by atoms with Gasteiger partial charge < -0.3 is 14.5 Å². The summed E-state index contributed by atoms with van der Waals surface area (Å²) in [6.07, 6.45) is 6.80. The smallest absolute Gasteiger partial charge is 0.248 e. The Bertz CT molecular complexity index is 1310. The Hall–Kier alpha value is -3.79. The lowest BCUT2D eigenvalue weighted by Gasteiger charge is -2.13. The van der Waals surface area contributed by atoms with E-state index < -0.39 is 0 Å². The molecule has 1 heterocycles. The molecule has 0 bridgehead atoms. The molecule has 0 atom stereocenters. The maximum Gasteiger partial charge on any atom is 0.248 e. The lowest BCUT2D eigenvalue weighted by molar-refractivity contribution is -0.111. The molecule has 1 aromatic heterocycles. The Morgan fingerprint density at radius 3 is 2.50 bits per heavy atom. The van der Waals surface area contributed by atoms with E-state index in [4.69, 9.17) is 9.15 Å². The van der Waals surface area contributed by atoms with Gasteiger partial charge in [0.25, 0.3) is 0 Å². The number of ether oxygens (including phenoxy) is 1. The first kappa shape index (κ1) is 23.4. The van der Waals surface area contributed by atoms with E-state index in [1.165, 1.54) is 18.4 Å². The molecule has 4 rings (SSSR count). The number of anilines is 1. The maximum absolute atomic E-state index is 12.8. The second kappa shape index (κ2) is 10.4. The van der Waals surface area contributed by atoms with Crippen LogP contribution in [-0.4, -0.2) is 13.0 Å². The van der Waals surface area contributed by atoms with Gasteiger partial charge >= 0.3 is 0 Å². The van der Waals surface area contributed by atoms with Crippen LogP contribution in [0, 0.1) is 6.92 Å². The number of methoxy groups -OCH3 is 1. The van der Waals surface area contributed by atoms with Crippen molar-refractivity contribution < 1.29 is 13.9 Å². The average Bonchev–Trinajstić information content (AvgIpc) is 3.28. The highest BCUT2D eigenvalue weighted by molar-refractivity contribution is 6.06. The first-order valence-corrected chi connectivity index (χ1v) is 11.7. The average molecular weight is 454 g/mol. The number of aryl methyl sites for hydroxylation is 2. The normalized spacial score (nSPS) is 11.6. The summed E-state index contributed by atoms with van der Waals surface area (Å²) in [7, 11) is 1.65. The SMILES string of the molecule is CCCCc1ccc(NC(=O)/C=C(\C)c2cc3c(-c4ccccc4)coc3c(C)c2OC)cc1. The predicted molar refractivity (Wildman–Crippen MR) is 140 cm³/mol. The lowest BCUT2D eigenvalue weighted by atomic mass is 9.96. The molecular formula is C30H31NO3. The number of hydrogen-bond acceptors (Lipinski definition) is 3. The van der Waals surface area contributed by atoms with Gasteiger partial charge in [-0.15, -0.1) is 0 Å². The van der Waals surface area contributed by atoms with E-state index in [0.29, 0.717) is 5.75 Å². The van der Waals surface area contributed by atoms with Crippen molar-refractivity contribution in [3.63, 3.8) is 0 Å². The topological polar surface area (TPSA) is 51.5 Å². The number of carbonyl (C=O) groups is 1. The molecule has 0 aliphatic carbocycles. The first-order valence-electron chi connectivity index (χ1n) is 11.7. The van der Waals surface area contributed by atoms with Crippen LogP contribution in [0.1, 0.15) is 43.4 Å². The zero-order chi connectivity index (χ0) is 24.1. The monoisotopic (exact) mass is 453 g/mol. The van der Waals surface area contributed by atoms with Crippen LogP contribution < -0.4 is 10.1 Å². The van der Waals surface area contributed by atoms with Gasteiger partial charge in [0.05, 0.1) is 13.4 Å². The third-order valence-electron chi connectivity index (χ3n) is 6.15. The summed E-state index contributed by atoms with van der Waals surface area (Å²) < 4.78 is 11.7. The number of rotatable bonds is 8. The molecule has 174 valence electrons. The number of carbonyl (C=O) groups excluding carboxylic acids is 1. The van der Waals surface area contributed by atoms with Crippen LogP contribution in [0.3, 0.4) is 0 Å². The number of nitrogens with one attached hydrogen (secondary N) is 1. The lowest BCUT2D eigenvalue weighted by Crippen LogP contribution is -2.08. The minimum Gasteiger partial charge on any atom is -0.496 e. The summed E-state index contributed by atoms with van der Waals surface area (Å²) in [4.78, 5) is 12.8. The fourth-order valence-corrected chi connectivity index (χ4v) is 4.30. The zero-order valence-corrected chi connectivity index (χ0v) is 20.3. The number of fused-ring (bicyclic) bond motifs is 1. The number of amides is 1. The Balaban J connectivity index is 1.64. The quantitative estimate of drug-likeness (QED) is 0.277. The Kier molecular flexibility index (Phi) is 7.17. The van der Waals surface area contributed by atoms with Gasteiger partial charge in [0.2, 0.25) is 5.91 Å². The second-order valence-electron chi connectivity index (χ2n) is 8.59. The number of unbranched alkanes of at least 4 members (excludes halogenated alkanes) is 1. The van der Waals surface area contributed by atoms with Gasteiger partial charge in [-0.25, -0.2) is 0 Å². The van der Waals surface area contributed by atoms with Gasteiger partial charge in [0.1, 0.15) is 11.3 Å². The van der Waals surface area contributed by atoms with Gasteiger partial charge in [0.15, 0.2) is 0 Å². The van der Waals surface area contributed by atoms with Gasteiger partial charge in [0, 0.05) is 33.8 Å². The number of hydrogen-bond donors (Lipinski definition) is 1. The van der Waals surface area contributed by atoms with Crippen molar-refractivity contribution in [2.24, 2.45) is 0 Å². The van der Waals surface area contributed by atoms with E-state index in [1.54, 1.807) is 19.4 Å². The zero-order valence-electron chi connectivity index (χ0n) is 20.3. The van der Waals surface area contributed by atoms with Crippen LogP contribution in [0.2, 0.25) is 0 Å². The predicted octanol–water partition coefficient (Wildman–Crippen LogP) is 7.80. The molecule has 0 fully saturated rings. The van der Waals surface area contributed by atoms with Crippen LogP contribution in [0.5, 0.6) is 5.75 Å². The molecule has 0 spiro atoms. The van der Waals surface area contributed by atoms with Crippen molar-refractivity contribution >= 4 is 28.1 Å². The van der Waals surface area contributed by atoms with Crippen molar-refractivity contribution in [2.45, 2.75) is 40.0 Å². The highest BCUT2D eigenvalue weighted by Gasteiger charge is 2.18. The highest BCUT2D eigenvalue weighted by atomic mass is 16.5. The second-order valence-corrected chi connectivity index (χ2v) is 8.59. The van der Waals surface area contributed by atoms with E-state index in [1.807, 2.05) is 44.2 Å². The van der Waals surface area contributed by atoms with Gasteiger partial charge in [-0.2, -0.15) is 0 Å². The molecule has 3 aromatic carbocycles. The molecule has 1 N–H and O–H groups in total. The van der Waals surface area contributed by atoms with Crippen LogP contribution in [0.15, 0.2) is 77.4 Å². The molecule has 0 aliphatic heterocycles. The van der Waals surface area contributed by atoms with Crippen molar-refractivity contribution in [3.8, 4) is 16.9 Å². The maximum atomic E-state index is 12.8. The standard InChI is InChI=1S/C30H31NO3/c1-5-6-10-22-13-15-24(16-14-22)31-28(32)17-20(2)25-18-26-27(23-11-8-7-9-12-23)19-34-30(26)21(3)29(25)33-4/h7-9,11-19H,5-6,10H2,1-4H3,(H,31,32)/b20-17+. The molecule has 0 saturated heterocycles. The first-order chi connectivity index (χ1) is 16.5. The molecular weight excluding hydrogens is 422 g/mol. The molecule has 4 aromatic rings. The van der Waals surface area contributed by atoms with Crippen LogP contribution in [0.25, 0.3) is 27.7 Å². The van der Waals surface area contributed by atoms with E-state index in [0.717, 1.165) is 50.9 Å². The minimum atomic E-state index is -0.172.